The monoisotopic (exact) mass is 423 g/mol. The summed E-state index contributed by atoms with van der Waals surface area (Å²) in [6, 6.07) is 13.1. The van der Waals surface area contributed by atoms with Crippen LogP contribution in [0.2, 0.25) is 0 Å². The molecule has 1 saturated heterocycles. The van der Waals surface area contributed by atoms with Crippen LogP contribution in [0.25, 0.3) is 0 Å². The minimum Gasteiger partial charge on any atom is -0.465 e. The third-order valence-electron chi connectivity index (χ3n) is 5.21. The first kappa shape index (κ1) is 22.0. The fourth-order valence-corrected chi connectivity index (χ4v) is 3.52. The van der Waals surface area contributed by atoms with Crippen LogP contribution < -0.4 is 10.6 Å². The molecule has 0 saturated carbocycles. The number of hydrogen-bond donors (Lipinski definition) is 2. The molecule has 1 unspecified atom stereocenters. The molecular weight excluding hydrogens is 398 g/mol. The number of amides is 4. The number of carbonyl (C=O) groups excluding carboxylic acids is 4. The van der Waals surface area contributed by atoms with Gasteiger partial charge in [-0.1, -0.05) is 43.7 Å². The lowest BCUT2D eigenvalue weighted by Gasteiger charge is -2.22. The highest BCUT2D eigenvalue weighted by Gasteiger charge is 2.49. The zero-order valence-corrected chi connectivity index (χ0v) is 17.7. The van der Waals surface area contributed by atoms with Gasteiger partial charge in [0.05, 0.1) is 12.7 Å². The van der Waals surface area contributed by atoms with E-state index in [9.17, 15) is 19.2 Å². The standard InChI is InChI=1S/C23H25N3O5/c1-4-6-15-9-11-17(12-10-15)23(2)21(29)26(22(30)25-23)14-19(27)24-18-8-5-7-16(13-18)20(28)31-3/h5,7-13H,4,6,14H2,1-3H3,(H,24,27)(H,25,30). The molecule has 2 aromatic rings. The number of benzene rings is 2. The van der Waals surface area contributed by atoms with Crippen molar-refractivity contribution in [3.05, 3.63) is 65.2 Å². The fraction of sp³-hybridized carbons (Fsp3) is 0.304. The smallest absolute Gasteiger partial charge is 0.337 e. The molecule has 0 spiro atoms. The molecule has 1 aliphatic heterocycles. The van der Waals surface area contributed by atoms with Gasteiger partial charge in [0.1, 0.15) is 12.1 Å². The molecule has 8 heteroatoms. The molecule has 0 aromatic heterocycles. The van der Waals surface area contributed by atoms with Crippen molar-refractivity contribution in [2.45, 2.75) is 32.2 Å². The Morgan fingerprint density at radius 1 is 1.13 bits per heavy atom. The van der Waals surface area contributed by atoms with Gasteiger partial charge in [-0.05, 0) is 42.7 Å². The Hall–Kier alpha value is -3.68. The van der Waals surface area contributed by atoms with E-state index in [1.165, 1.54) is 13.2 Å². The SMILES string of the molecule is CCCc1ccc(C2(C)NC(=O)N(CC(=O)Nc3cccc(C(=O)OC)c3)C2=O)cc1. The summed E-state index contributed by atoms with van der Waals surface area (Å²) in [6.45, 7) is 3.26. The lowest BCUT2D eigenvalue weighted by molar-refractivity contribution is -0.133. The first-order valence-electron chi connectivity index (χ1n) is 10.00. The zero-order valence-electron chi connectivity index (χ0n) is 17.7. The van der Waals surface area contributed by atoms with E-state index in [4.69, 9.17) is 0 Å². The van der Waals surface area contributed by atoms with Crippen molar-refractivity contribution in [3.63, 3.8) is 0 Å². The second-order valence-electron chi connectivity index (χ2n) is 7.51. The van der Waals surface area contributed by atoms with Crippen LogP contribution in [-0.4, -0.2) is 42.4 Å². The number of nitrogens with one attached hydrogen (secondary N) is 2. The number of hydrogen-bond acceptors (Lipinski definition) is 5. The van der Waals surface area contributed by atoms with Crippen LogP contribution in [0.4, 0.5) is 10.5 Å². The molecule has 1 aliphatic rings. The average molecular weight is 423 g/mol. The van der Waals surface area contributed by atoms with Crippen molar-refractivity contribution >= 4 is 29.5 Å². The number of aryl methyl sites for hydroxylation is 1. The molecule has 4 amide bonds. The molecule has 0 aliphatic carbocycles. The van der Waals surface area contributed by atoms with Crippen molar-refractivity contribution in [3.8, 4) is 0 Å². The van der Waals surface area contributed by atoms with Crippen LogP contribution in [0.3, 0.4) is 0 Å². The summed E-state index contributed by atoms with van der Waals surface area (Å²) < 4.78 is 4.66. The highest BCUT2D eigenvalue weighted by molar-refractivity contribution is 6.10. The van der Waals surface area contributed by atoms with Crippen molar-refractivity contribution in [1.82, 2.24) is 10.2 Å². The van der Waals surface area contributed by atoms with E-state index < -0.39 is 35.9 Å². The number of ether oxygens (including phenoxy) is 1. The lowest BCUT2D eigenvalue weighted by atomic mass is 9.91. The topological polar surface area (TPSA) is 105 Å². The van der Waals surface area contributed by atoms with Crippen LogP contribution in [0, 0.1) is 0 Å². The van der Waals surface area contributed by atoms with Crippen LogP contribution >= 0.6 is 0 Å². The van der Waals surface area contributed by atoms with E-state index in [-0.39, 0.29) is 5.56 Å². The highest BCUT2D eigenvalue weighted by Crippen LogP contribution is 2.29. The van der Waals surface area contributed by atoms with Gasteiger partial charge in [-0.25, -0.2) is 9.59 Å². The maximum atomic E-state index is 13.0. The Balaban J connectivity index is 1.71. The van der Waals surface area contributed by atoms with Gasteiger partial charge in [0.15, 0.2) is 0 Å². The van der Waals surface area contributed by atoms with E-state index in [0.717, 1.165) is 23.3 Å². The Bertz CT molecular complexity index is 1020. The number of urea groups is 1. The van der Waals surface area contributed by atoms with Crippen molar-refractivity contribution < 1.29 is 23.9 Å². The predicted molar refractivity (Wildman–Crippen MR) is 114 cm³/mol. The van der Waals surface area contributed by atoms with E-state index in [1.807, 2.05) is 24.3 Å². The third-order valence-corrected chi connectivity index (χ3v) is 5.21. The molecule has 2 aromatic carbocycles. The summed E-state index contributed by atoms with van der Waals surface area (Å²) in [6.07, 6.45) is 1.94. The summed E-state index contributed by atoms with van der Waals surface area (Å²) in [4.78, 5) is 50.5. The maximum absolute atomic E-state index is 13.0. The summed E-state index contributed by atoms with van der Waals surface area (Å²) in [7, 11) is 1.26. The molecule has 2 N–H and O–H groups in total. The quantitative estimate of drug-likeness (QED) is 0.526. The molecule has 1 fully saturated rings. The molecule has 0 bridgehead atoms. The summed E-state index contributed by atoms with van der Waals surface area (Å²) in [5.41, 5.74) is 1.19. The van der Waals surface area contributed by atoms with Gasteiger partial charge in [-0.15, -0.1) is 0 Å². The first-order chi connectivity index (χ1) is 14.8. The predicted octanol–water partition coefficient (Wildman–Crippen LogP) is 2.83. The minimum absolute atomic E-state index is 0.273. The van der Waals surface area contributed by atoms with Crippen molar-refractivity contribution in [1.29, 1.82) is 0 Å². The number of methoxy groups -OCH3 is 1. The van der Waals surface area contributed by atoms with E-state index in [1.54, 1.807) is 25.1 Å². The second-order valence-corrected chi connectivity index (χ2v) is 7.51. The van der Waals surface area contributed by atoms with E-state index in [0.29, 0.717) is 11.3 Å². The fourth-order valence-electron chi connectivity index (χ4n) is 3.52. The number of anilines is 1. The Morgan fingerprint density at radius 3 is 2.48 bits per heavy atom. The summed E-state index contributed by atoms with van der Waals surface area (Å²) in [5, 5.41) is 5.29. The Kier molecular flexibility index (Phi) is 6.39. The number of rotatable bonds is 7. The van der Waals surface area contributed by atoms with Gasteiger partial charge in [0.2, 0.25) is 5.91 Å². The van der Waals surface area contributed by atoms with Crippen molar-refractivity contribution in [2.75, 3.05) is 19.0 Å². The first-order valence-corrected chi connectivity index (χ1v) is 10.00. The Morgan fingerprint density at radius 2 is 1.84 bits per heavy atom. The van der Waals surface area contributed by atoms with E-state index in [2.05, 4.69) is 22.3 Å². The molecule has 1 heterocycles. The molecule has 162 valence electrons. The van der Waals surface area contributed by atoms with Crippen LogP contribution in [-0.2, 0) is 26.3 Å². The molecule has 3 rings (SSSR count). The number of carbonyl (C=O) groups is 4. The molecular formula is C23H25N3O5. The van der Waals surface area contributed by atoms with Gasteiger partial charge in [0, 0.05) is 5.69 Å². The molecule has 0 radical (unpaired) electrons. The molecule has 8 nitrogen and oxygen atoms in total. The molecule has 1 atom stereocenters. The average Bonchev–Trinajstić information content (AvgIpc) is 2.98. The van der Waals surface area contributed by atoms with Gasteiger partial charge in [-0.3, -0.25) is 14.5 Å². The van der Waals surface area contributed by atoms with Crippen molar-refractivity contribution in [2.24, 2.45) is 0 Å². The largest absolute Gasteiger partial charge is 0.465 e. The second kappa shape index (κ2) is 8.99. The summed E-state index contributed by atoms with van der Waals surface area (Å²) in [5.74, 6) is -1.60. The Labute approximate surface area is 180 Å². The highest BCUT2D eigenvalue weighted by atomic mass is 16.5. The lowest BCUT2D eigenvalue weighted by Crippen LogP contribution is -2.42. The number of nitrogens with zero attached hydrogens (tertiary/aromatic N) is 1. The van der Waals surface area contributed by atoms with Gasteiger partial charge in [-0.2, -0.15) is 0 Å². The van der Waals surface area contributed by atoms with E-state index >= 15 is 0 Å². The maximum Gasteiger partial charge on any atom is 0.337 e. The zero-order chi connectivity index (χ0) is 22.6. The third kappa shape index (κ3) is 4.58. The van der Waals surface area contributed by atoms with Gasteiger partial charge >= 0.3 is 12.0 Å². The van der Waals surface area contributed by atoms with Gasteiger partial charge < -0.3 is 15.4 Å². The molecule has 31 heavy (non-hydrogen) atoms. The summed E-state index contributed by atoms with van der Waals surface area (Å²) >= 11 is 0. The van der Waals surface area contributed by atoms with Crippen LogP contribution in [0.15, 0.2) is 48.5 Å². The minimum atomic E-state index is -1.24. The van der Waals surface area contributed by atoms with Crippen LogP contribution in [0.5, 0.6) is 0 Å². The normalized spacial score (nSPS) is 18.0. The van der Waals surface area contributed by atoms with Gasteiger partial charge in [0.25, 0.3) is 5.91 Å². The number of esters is 1. The number of imide groups is 1. The van der Waals surface area contributed by atoms with Crippen LogP contribution in [0.1, 0.15) is 41.8 Å².